The molecule has 0 spiro atoms. The topological polar surface area (TPSA) is 95.8 Å². The molecule has 0 unspecified atom stereocenters. The second kappa shape index (κ2) is 9.23. The van der Waals surface area contributed by atoms with E-state index in [9.17, 15) is 13.2 Å². The molecule has 0 saturated heterocycles. The SMILES string of the molecule is Cc1ccccc1-c1cc(NCc2cnc(C(C)(C)C)[nH]2)n(C)n1.O=C(O)C(F)(F)F. The zero-order valence-electron chi connectivity index (χ0n) is 18.0. The minimum Gasteiger partial charge on any atom is -0.475 e. The Kier molecular flexibility index (Phi) is 7.14. The fraction of sp³-hybridized carbons (Fsp3) is 0.381. The van der Waals surface area contributed by atoms with Crippen LogP contribution in [0.4, 0.5) is 19.0 Å². The first-order valence-corrected chi connectivity index (χ1v) is 9.47. The first-order valence-electron chi connectivity index (χ1n) is 9.47. The lowest BCUT2D eigenvalue weighted by Crippen LogP contribution is -2.21. The van der Waals surface area contributed by atoms with Gasteiger partial charge in [0.15, 0.2) is 0 Å². The molecule has 0 saturated carbocycles. The van der Waals surface area contributed by atoms with Crippen LogP contribution in [0.25, 0.3) is 11.3 Å². The van der Waals surface area contributed by atoms with Crippen LogP contribution in [0.15, 0.2) is 36.5 Å². The molecule has 0 aliphatic heterocycles. The van der Waals surface area contributed by atoms with Gasteiger partial charge >= 0.3 is 12.1 Å². The number of rotatable bonds is 4. The molecule has 0 aliphatic carbocycles. The summed E-state index contributed by atoms with van der Waals surface area (Å²) in [7, 11) is 1.96. The molecular formula is C21H26F3N5O2. The van der Waals surface area contributed by atoms with Gasteiger partial charge in [0, 0.05) is 24.1 Å². The van der Waals surface area contributed by atoms with Crippen molar-refractivity contribution in [2.24, 2.45) is 7.05 Å². The van der Waals surface area contributed by atoms with E-state index in [4.69, 9.17) is 9.90 Å². The van der Waals surface area contributed by atoms with Gasteiger partial charge in [-0.2, -0.15) is 18.3 Å². The van der Waals surface area contributed by atoms with Crippen molar-refractivity contribution in [2.75, 3.05) is 5.32 Å². The summed E-state index contributed by atoms with van der Waals surface area (Å²) in [5.74, 6) is -0.766. The summed E-state index contributed by atoms with van der Waals surface area (Å²) >= 11 is 0. The molecule has 0 radical (unpaired) electrons. The maximum Gasteiger partial charge on any atom is 0.490 e. The van der Waals surface area contributed by atoms with Crippen LogP contribution in [0.2, 0.25) is 0 Å². The van der Waals surface area contributed by atoms with Gasteiger partial charge < -0.3 is 15.4 Å². The highest BCUT2D eigenvalue weighted by Gasteiger charge is 2.38. The molecular weight excluding hydrogens is 411 g/mol. The van der Waals surface area contributed by atoms with E-state index in [0.29, 0.717) is 6.54 Å². The number of H-pyrrole nitrogens is 1. The van der Waals surface area contributed by atoms with Gasteiger partial charge in [-0.3, -0.25) is 4.68 Å². The van der Waals surface area contributed by atoms with E-state index >= 15 is 0 Å². The van der Waals surface area contributed by atoms with E-state index in [1.165, 1.54) is 5.56 Å². The van der Waals surface area contributed by atoms with Crippen LogP contribution >= 0.6 is 0 Å². The first-order chi connectivity index (χ1) is 14.3. The number of carboxylic acid groups (broad SMARTS) is 1. The van der Waals surface area contributed by atoms with Crippen molar-refractivity contribution in [2.45, 2.75) is 45.8 Å². The number of imidazole rings is 1. The van der Waals surface area contributed by atoms with Crippen LogP contribution in [0.1, 0.15) is 37.9 Å². The molecule has 3 aromatic rings. The number of aromatic nitrogens is 4. The molecule has 0 aliphatic rings. The lowest BCUT2D eigenvalue weighted by atomic mass is 9.96. The Balaban J connectivity index is 0.000000423. The molecule has 1 aromatic carbocycles. The molecule has 31 heavy (non-hydrogen) atoms. The average molecular weight is 437 g/mol. The molecule has 0 amide bonds. The van der Waals surface area contributed by atoms with Crippen molar-refractivity contribution in [3.63, 3.8) is 0 Å². The van der Waals surface area contributed by atoms with Crippen LogP contribution < -0.4 is 5.32 Å². The number of benzene rings is 1. The minimum atomic E-state index is -5.08. The van der Waals surface area contributed by atoms with Crippen molar-refractivity contribution >= 4 is 11.8 Å². The summed E-state index contributed by atoms with van der Waals surface area (Å²) in [5.41, 5.74) is 4.47. The fourth-order valence-corrected chi connectivity index (χ4v) is 2.64. The summed E-state index contributed by atoms with van der Waals surface area (Å²) < 4.78 is 33.6. The Morgan fingerprint density at radius 3 is 2.35 bits per heavy atom. The van der Waals surface area contributed by atoms with E-state index in [2.05, 4.69) is 66.3 Å². The number of nitrogens with one attached hydrogen (secondary N) is 2. The van der Waals surface area contributed by atoms with Crippen molar-refractivity contribution in [1.82, 2.24) is 19.7 Å². The molecule has 2 aromatic heterocycles. The average Bonchev–Trinajstić information content (AvgIpc) is 3.26. The van der Waals surface area contributed by atoms with Gasteiger partial charge in [-0.1, -0.05) is 45.0 Å². The monoisotopic (exact) mass is 437 g/mol. The first kappa shape index (κ1) is 24.0. The van der Waals surface area contributed by atoms with E-state index in [-0.39, 0.29) is 5.41 Å². The van der Waals surface area contributed by atoms with E-state index in [1.54, 1.807) is 0 Å². The summed E-state index contributed by atoms with van der Waals surface area (Å²) in [6.45, 7) is 9.25. The van der Waals surface area contributed by atoms with Gasteiger partial charge in [0.05, 0.1) is 24.1 Å². The quantitative estimate of drug-likeness (QED) is 0.552. The number of nitrogens with zero attached hydrogens (tertiary/aromatic N) is 3. The molecule has 0 bridgehead atoms. The molecule has 3 N–H and O–H groups in total. The van der Waals surface area contributed by atoms with Gasteiger partial charge in [0.1, 0.15) is 11.6 Å². The normalized spacial score (nSPS) is 11.6. The van der Waals surface area contributed by atoms with Crippen molar-refractivity contribution < 1.29 is 23.1 Å². The minimum absolute atomic E-state index is 0.0305. The lowest BCUT2D eigenvalue weighted by Gasteiger charge is -2.14. The van der Waals surface area contributed by atoms with Gasteiger partial charge in [-0.15, -0.1) is 0 Å². The van der Waals surface area contributed by atoms with Gasteiger partial charge in [-0.05, 0) is 12.5 Å². The maximum atomic E-state index is 10.6. The van der Waals surface area contributed by atoms with E-state index < -0.39 is 12.1 Å². The number of alkyl halides is 3. The Bertz CT molecular complexity index is 1030. The van der Waals surface area contributed by atoms with Crippen molar-refractivity contribution in [3.8, 4) is 11.3 Å². The molecule has 3 rings (SSSR count). The molecule has 0 fully saturated rings. The number of carboxylic acids is 1. The fourth-order valence-electron chi connectivity index (χ4n) is 2.64. The summed E-state index contributed by atoms with van der Waals surface area (Å²) in [5, 5.41) is 15.2. The van der Waals surface area contributed by atoms with Crippen LogP contribution in [0.5, 0.6) is 0 Å². The molecule has 0 atom stereocenters. The maximum absolute atomic E-state index is 10.6. The smallest absolute Gasteiger partial charge is 0.475 e. The number of aromatic amines is 1. The van der Waals surface area contributed by atoms with E-state index in [0.717, 1.165) is 28.6 Å². The Morgan fingerprint density at radius 1 is 1.23 bits per heavy atom. The largest absolute Gasteiger partial charge is 0.490 e. The Hall–Kier alpha value is -3.30. The van der Waals surface area contributed by atoms with Crippen LogP contribution in [0.3, 0.4) is 0 Å². The Morgan fingerprint density at radius 2 is 1.84 bits per heavy atom. The number of halogens is 3. The highest BCUT2D eigenvalue weighted by atomic mass is 19.4. The number of carbonyl (C=O) groups is 1. The predicted molar refractivity (Wildman–Crippen MR) is 112 cm³/mol. The zero-order valence-corrected chi connectivity index (χ0v) is 18.0. The number of hydrogen-bond acceptors (Lipinski definition) is 4. The van der Waals surface area contributed by atoms with E-state index in [1.807, 2.05) is 30.1 Å². The lowest BCUT2D eigenvalue weighted by molar-refractivity contribution is -0.192. The standard InChI is InChI=1S/C19H25N5.C2HF3O2/c1-13-8-6-7-9-15(13)16-10-17(24(5)23-16)20-11-14-12-21-18(22-14)19(2,3)4;3-2(4,5)1(6)7/h6-10,12,20H,11H2,1-5H3,(H,21,22);(H,6,7). The molecule has 7 nitrogen and oxygen atoms in total. The Labute approximate surface area is 178 Å². The van der Waals surface area contributed by atoms with Crippen LogP contribution in [-0.4, -0.2) is 37.0 Å². The second-order valence-electron chi connectivity index (χ2n) is 8.02. The summed E-state index contributed by atoms with van der Waals surface area (Å²) in [4.78, 5) is 16.8. The highest BCUT2D eigenvalue weighted by Crippen LogP contribution is 2.25. The number of aliphatic carboxylic acids is 1. The van der Waals surface area contributed by atoms with Crippen LogP contribution in [0, 0.1) is 6.92 Å². The number of hydrogen-bond donors (Lipinski definition) is 3. The number of aryl methyl sites for hydroxylation is 2. The molecule has 10 heteroatoms. The second-order valence-corrected chi connectivity index (χ2v) is 8.02. The van der Waals surface area contributed by atoms with Gasteiger partial charge in [0.2, 0.25) is 0 Å². The summed E-state index contributed by atoms with van der Waals surface area (Å²) in [6.07, 6.45) is -3.19. The highest BCUT2D eigenvalue weighted by molar-refractivity contribution is 5.73. The zero-order chi connectivity index (χ0) is 23.4. The third-order valence-corrected chi connectivity index (χ3v) is 4.34. The van der Waals surface area contributed by atoms with Crippen LogP contribution in [-0.2, 0) is 23.8 Å². The third kappa shape index (κ3) is 6.59. The van der Waals surface area contributed by atoms with Crippen molar-refractivity contribution in [1.29, 1.82) is 0 Å². The predicted octanol–water partition coefficient (Wildman–Crippen LogP) is 4.66. The van der Waals surface area contributed by atoms with Gasteiger partial charge in [0.25, 0.3) is 0 Å². The van der Waals surface area contributed by atoms with Crippen molar-refractivity contribution in [3.05, 3.63) is 53.6 Å². The molecule has 2 heterocycles. The summed E-state index contributed by atoms with van der Waals surface area (Å²) in [6, 6.07) is 10.4. The third-order valence-electron chi connectivity index (χ3n) is 4.34. The number of anilines is 1. The molecule has 168 valence electrons. The van der Waals surface area contributed by atoms with Gasteiger partial charge in [-0.25, -0.2) is 9.78 Å².